The summed E-state index contributed by atoms with van der Waals surface area (Å²) in [5, 5.41) is 0. The molecule has 1 fully saturated rings. The maximum Gasteiger partial charge on any atom is 0.137 e. The first kappa shape index (κ1) is 13.7. The third-order valence-corrected chi connectivity index (χ3v) is 3.32. The molecule has 0 spiro atoms. The van der Waals surface area contributed by atoms with Crippen molar-refractivity contribution in [3.63, 3.8) is 0 Å². The van der Waals surface area contributed by atoms with Gasteiger partial charge in [-0.3, -0.25) is 0 Å². The first-order valence-corrected chi connectivity index (χ1v) is 7.07. The Hall–Kier alpha value is -0.680. The number of nitrogens with zero attached hydrogens (tertiary/aromatic N) is 3. The zero-order chi connectivity index (χ0) is 13.3. The molecule has 1 atom stereocenters. The highest BCUT2D eigenvalue weighted by Crippen LogP contribution is 2.25. The number of aromatic nitrogens is 2. The highest BCUT2D eigenvalue weighted by Gasteiger charge is 2.23. The van der Waals surface area contributed by atoms with Crippen LogP contribution in [0.2, 0.25) is 0 Å². The molecule has 5 heteroatoms. The van der Waals surface area contributed by atoms with Gasteiger partial charge in [0, 0.05) is 24.6 Å². The molecule has 1 aromatic rings. The first-order chi connectivity index (χ1) is 8.36. The van der Waals surface area contributed by atoms with Crippen LogP contribution in [0.25, 0.3) is 0 Å². The third kappa shape index (κ3) is 3.20. The molecular formula is C13H20BrN3O. The quantitative estimate of drug-likeness (QED) is 0.747. The van der Waals surface area contributed by atoms with Gasteiger partial charge in [0.25, 0.3) is 0 Å². The fraction of sp³-hybridized carbons (Fsp3) is 0.692. The molecule has 0 aromatic carbocycles. The molecule has 0 amide bonds. The molecule has 1 aromatic heterocycles. The van der Waals surface area contributed by atoms with Crippen LogP contribution in [0, 0.1) is 0 Å². The monoisotopic (exact) mass is 313 g/mol. The number of rotatable bonds is 1. The lowest BCUT2D eigenvalue weighted by Crippen LogP contribution is -2.41. The second kappa shape index (κ2) is 5.13. The van der Waals surface area contributed by atoms with Crippen molar-refractivity contribution >= 4 is 21.7 Å². The van der Waals surface area contributed by atoms with E-state index in [-0.39, 0.29) is 11.5 Å². The van der Waals surface area contributed by atoms with Crippen molar-refractivity contribution in [1.82, 2.24) is 9.97 Å². The van der Waals surface area contributed by atoms with Crippen LogP contribution in [0.1, 0.15) is 33.5 Å². The molecule has 4 nitrogen and oxygen atoms in total. The molecule has 2 rings (SSSR count). The number of morpholine rings is 1. The normalized spacial score (nSPS) is 21.2. The van der Waals surface area contributed by atoms with E-state index in [0.717, 1.165) is 35.9 Å². The zero-order valence-electron chi connectivity index (χ0n) is 11.4. The summed E-state index contributed by atoms with van der Waals surface area (Å²) in [6.07, 6.45) is 0.255. The smallest absolute Gasteiger partial charge is 0.137 e. The van der Waals surface area contributed by atoms with Gasteiger partial charge in [-0.25, -0.2) is 9.97 Å². The molecule has 1 aliphatic rings. The second-order valence-electron chi connectivity index (χ2n) is 5.75. The fourth-order valence-corrected chi connectivity index (χ4v) is 2.30. The summed E-state index contributed by atoms with van der Waals surface area (Å²) >= 11 is 3.48. The molecule has 0 N–H and O–H groups in total. The Labute approximate surface area is 117 Å². The number of anilines is 1. The Morgan fingerprint density at radius 3 is 2.72 bits per heavy atom. The molecule has 0 saturated carbocycles. The van der Waals surface area contributed by atoms with Gasteiger partial charge in [-0.1, -0.05) is 20.8 Å². The van der Waals surface area contributed by atoms with Gasteiger partial charge in [-0.05, 0) is 22.9 Å². The van der Waals surface area contributed by atoms with Crippen LogP contribution in [-0.4, -0.2) is 35.8 Å². The number of halogens is 1. The molecule has 1 saturated heterocycles. The third-order valence-electron chi connectivity index (χ3n) is 2.92. The van der Waals surface area contributed by atoms with E-state index in [0.29, 0.717) is 0 Å². The highest BCUT2D eigenvalue weighted by atomic mass is 79.9. The summed E-state index contributed by atoms with van der Waals surface area (Å²) < 4.78 is 6.40. The van der Waals surface area contributed by atoms with Crippen LogP contribution in [0.3, 0.4) is 0 Å². The largest absolute Gasteiger partial charge is 0.375 e. The van der Waals surface area contributed by atoms with E-state index in [4.69, 9.17) is 9.72 Å². The molecule has 100 valence electrons. The summed E-state index contributed by atoms with van der Waals surface area (Å²) in [5.74, 6) is 1.85. The lowest BCUT2D eigenvalue weighted by atomic mass is 9.96. The van der Waals surface area contributed by atoms with Gasteiger partial charge >= 0.3 is 0 Å². The van der Waals surface area contributed by atoms with Crippen molar-refractivity contribution < 1.29 is 4.74 Å². The number of ether oxygens (including phenoxy) is 1. The molecule has 1 aliphatic heterocycles. The van der Waals surface area contributed by atoms with Crippen molar-refractivity contribution in [1.29, 1.82) is 0 Å². The van der Waals surface area contributed by atoms with Crippen LogP contribution >= 0.6 is 15.9 Å². The Kier molecular flexibility index (Phi) is 3.92. The van der Waals surface area contributed by atoms with E-state index in [1.807, 2.05) is 6.07 Å². The Balaban J connectivity index is 2.30. The Morgan fingerprint density at radius 1 is 1.39 bits per heavy atom. The predicted molar refractivity (Wildman–Crippen MR) is 76.1 cm³/mol. The van der Waals surface area contributed by atoms with Crippen molar-refractivity contribution in [2.75, 3.05) is 24.6 Å². The van der Waals surface area contributed by atoms with Gasteiger partial charge in [0.2, 0.25) is 0 Å². The molecule has 0 bridgehead atoms. The minimum atomic E-state index is -0.0452. The van der Waals surface area contributed by atoms with E-state index in [1.54, 1.807) is 0 Å². The van der Waals surface area contributed by atoms with E-state index in [1.165, 1.54) is 0 Å². The van der Waals surface area contributed by atoms with Gasteiger partial charge < -0.3 is 9.64 Å². The van der Waals surface area contributed by atoms with Crippen molar-refractivity contribution in [3.8, 4) is 0 Å². The van der Waals surface area contributed by atoms with Crippen LogP contribution in [0.5, 0.6) is 0 Å². The standard InChI is InChI=1S/C13H20BrN3O/c1-9-8-17(5-6-18-9)11-7-10(14)15-12(16-11)13(2,3)4/h7,9H,5-6,8H2,1-4H3. The van der Waals surface area contributed by atoms with Crippen LogP contribution in [0.4, 0.5) is 5.82 Å². The predicted octanol–water partition coefficient (Wildman–Crippen LogP) is 2.76. The summed E-state index contributed by atoms with van der Waals surface area (Å²) in [6, 6.07) is 1.98. The lowest BCUT2D eigenvalue weighted by Gasteiger charge is -2.32. The molecule has 2 heterocycles. The van der Waals surface area contributed by atoms with E-state index in [2.05, 4.69) is 53.5 Å². The molecule has 0 aliphatic carbocycles. The van der Waals surface area contributed by atoms with Gasteiger partial charge in [0.05, 0.1) is 12.7 Å². The van der Waals surface area contributed by atoms with Crippen LogP contribution < -0.4 is 4.90 Å². The van der Waals surface area contributed by atoms with Crippen LogP contribution in [-0.2, 0) is 10.2 Å². The average molecular weight is 314 g/mol. The summed E-state index contributed by atoms with van der Waals surface area (Å²) in [4.78, 5) is 11.4. The SMILES string of the molecule is CC1CN(c2cc(Br)nc(C(C)(C)C)n2)CCO1. The lowest BCUT2D eigenvalue weighted by molar-refractivity contribution is 0.0529. The zero-order valence-corrected chi connectivity index (χ0v) is 13.0. The second-order valence-corrected chi connectivity index (χ2v) is 6.56. The Bertz CT molecular complexity index is 431. The van der Waals surface area contributed by atoms with Gasteiger partial charge in [-0.15, -0.1) is 0 Å². The Morgan fingerprint density at radius 2 is 2.11 bits per heavy atom. The first-order valence-electron chi connectivity index (χ1n) is 6.28. The van der Waals surface area contributed by atoms with Crippen LogP contribution in [0.15, 0.2) is 10.7 Å². The average Bonchev–Trinajstić information content (AvgIpc) is 2.27. The molecular weight excluding hydrogens is 294 g/mol. The van der Waals surface area contributed by atoms with Crippen molar-refractivity contribution in [3.05, 3.63) is 16.5 Å². The topological polar surface area (TPSA) is 38.2 Å². The minimum Gasteiger partial charge on any atom is -0.375 e. The van der Waals surface area contributed by atoms with E-state index >= 15 is 0 Å². The van der Waals surface area contributed by atoms with Gasteiger partial charge in [-0.2, -0.15) is 0 Å². The van der Waals surface area contributed by atoms with Gasteiger partial charge in [0.1, 0.15) is 16.2 Å². The maximum absolute atomic E-state index is 5.56. The van der Waals surface area contributed by atoms with Crippen molar-refractivity contribution in [2.24, 2.45) is 0 Å². The summed E-state index contributed by atoms with van der Waals surface area (Å²) in [7, 11) is 0. The minimum absolute atomic E-state index is 0.0452. The summed E-state index contributed by atoms with van der Waals surface area (Å²) in [5.41, 5.74) is -0.0452. The van der Waals surface area contributed by atoms with Gasteiger partial charge in [0.15, 0.2) is 0 Å². The fourth-order valence-electron chi connectivity index (χ4n) is 1.93. The maximum atomic E-state index is 5.56. The molecule has 1 unspecified atom stereocenters. The summed E-state index contributed by atoms with van der Waals surface area (Å²) in [6.45, 7) is 11.0. The van der Waals surface area contributed by atoms with Crippen molar-refractivity contribution in [2.45, 2.75) is 39.2 Å². The molecule has 0 radical (unpaired) electrons. The number of hydrogen-bond donors (Lipinski definition) is 0. The highest BCUT2D eigenvalue weighted by molar-refractivity contribution is 9.10. The van der Waals surface area contributed by atoms with E-state index < -0.39 is 0 Å². The van der Waals surface area contributed by atoms with E-state index in [9.17, 15) is 0 Å². The number of hydrogen-bond acceptors (Lipinski definition) is 4. The molecule has 18 heavy (non-hydrogen) atoms.